The van der Waals surface area contributed by atoms with Gasteiger partial charge in [0, 0.05) is 13.1 Å². The van der Waals surface area contributed by atoms with Crippen LogP contribution < -0.4 is 10.6 Å². The zero-order valence-electron chi connectivity index (χ0n) is 9.53. The molecule has 0 spiro atoms. The van der Waals surface area contributed by atoms with Crippen LogP contribution in [0.3, 0.4) is 0 Å². The van der Waals surface area contributed by atoms with Crippen molar-refractivity contribution in [2.24, 2.45) is 0 Å². The van der Waals surface area contributed by atoms with E-state index in [1.54, 1.807) is 6.92 Å². The molecule has 6 nitrogen and oxygen atoms in total. The molecule has 1 atom stereocenters. The van der Waals surface area contributed by atoms with E-state index in [-0.39, 0.29) is 18.6 Å². The van der Waals surface area contributed by atoms with Gasteiger partial charge in [-0.1, -0.05) is 0 Å². The van der Waals surface area contributed by atoms with Gasteiger partial charge in [-0.05, 0) is 26.3 Å². The van der Waals surface area contributed by atoms with Gasteiger partial charge in [-0.25, -0.2) is 4.79 Å². The lowest BCUT2D eigenvalue weighted by atomic mass is 10.1. The second kappa shape index (κ2) is 6.44. The summed E-state index contributed by atoms with van der Waals surface area (Å²) in [6.45, 7) is 3.73. The van der Waals surface area contributed by atoms with Crippen molar-refractivity contribution in [3.8, 4) is 0 Å². The highest BCUT2D eigenvalue weighted by atomic mass is 16.3. The van der Waals surface area contributed by atoms with Crippen LogP contribution in [0, 0.1) is 0 Å². The number of rotatable bonds is 3. The summed E-state index contributed by atoms with van der Waals surface area (Å²) >= 11 is 0. The summed E-state index contributed by atoms with van der Waals surface area (Å²) in [5.74, 6) is -0.333. The number of piperidine rings is 1. The third kappa shape index (κ3) is 4.59. The van der Waals surface area contributed by atoms with E-state index in [4.69, 9.17) is 0 Å². The molecule has 3 amide bonds. The highest BCUT2D eigenvalue weighted by Crippen LogP contribution is 2.08. The molecule has 1 rings (SSSR count). The third-order valence-corrected chi connectivity index (χ3v) is 2.44. The lowest BCUT2D eigenvalue weighted by Crippen LogP contribution is -2.47. The number of carbonyl (C=O) groups excluding carboxylic acids is 2. The van der Waals surface area contributed by atoms with Gasteiger partial charge in [0.25, 0.3) is 0 Å². The van der Waals surface area contributed by atoms with Crippen molar-refractivity contribution in [3.63, 3.8) is 0 Å². The van der Waals surface area contributed by atoms with E-state index < -0.39 is 6.03 Å². The Hall–Kier alpha value is -1.14. The minimum Gasteiger partial charge on any atom is -0.392 e. The lowest BCUT2D eigenvalue weighted by Gasteiger charge is -2.29. The maximum Gasteiger partial charge on any atom is 0.321 e. The Balaban J connectivity index is 2.25. The molecule has 6 heteroatoms. The third-order valence-electron chi connectivity index (χ3n) is 2.44. The minimum absolute atomic E-state index is 0.161. The summed E-state index contributed by atoms with van der Waals surface area (Å²) in [6, 6.07) is -0.468. The van der Waals surface area contributed by atoms with E-state index >= 15 is 0 Å². The Morgan fingerprint density at radius 1 is 1.50 bits per heavy atom. The molecule has 1 heterocycles. The minimum atomic E-state index is -0.468. The van der Waals surface area contributed by atoms with Crippen LogP contribution in [0.5, 0.6) is 0 Å². The number of imide groups is 1. The zero-order valence-corrected chi connectivity index (χ0v) is 9.53. The van der Waals surface area contributed by atoms with E-state index in [2.05, 4.69) is 10.6 Å². The topological polar surface area (TPSA) is 81.7 Å². The quantitative estimate of drug-likeness (QED) is 0.597. The Morgan fingerprint density at radius 3 is 2.88 bits per heavy atom. The first kappa shape index (κ1) is 12.9. The molecule has 1 aliphatic heterocycles. The van der Waals surface area contributed by atoms with Gasteiger partial charge in [-0.2, -0.15) is 0 Å². The molecule has 0 aromatic rings. The zero-order chi connectivity index (χ0) is 12.0. The van der Waals surface area contributed by atoms with Crippen molar-refractivity contribution in [3.05, 3.63) is 0 Å². The second-order valence-electron chi connectivity index (χ2n) is 3.94. The van der Waals surface area contributed by atoms with Crippen molar-refractivity contribution < 1.29 is 14.7 Å². The van der Waals surface area contributed by atoms with Gasteiger partial charge in [-0.15, -0.1) is 0 Å². The molecule has 1 aliphatic rings. The molecule has 1 unspecified atom stereocenters. The molecule has 0 radical (unpaired) electrons. The molecule has 3 N–H and O–H groups in total. The number of aliphatic hydroxyl groups is 1. The van der Waals surface area contributed by atoms with Crippen molar-refractivity contribution in [2.75, 3.05) is 26.2 Å². The average molecular weight is 229 g/mol. The van der Waals surface area contributed by atoms with Crippen molar-refractivity contribution in [1.82, 2.24) is 15.5 Å². The van der Waals surface area contributed by atoms with Crippen LogP contribution in [0.15, 0.2) is 0 Å². The lowest BCUT2D eigenvalue weighted by molar-refractivity contribution is -0.121. The predicted molar refractivity (Wildman–Crippen MR) is 58.9 cm³/mol. The molecule has 0 bridgehead atoms. The molecule has 0 aliphatic carbocycles. The number of nitrogens with one attached hydrogen (secondary N) is 2. The van der Waals surface area contributed by atoms with Gasteiger partial charge < -0.3 is 10.4 Å². The summed E-state index contributed by atoms with van der Waals surface area (Å²) in [6.07, 6.45) is 1.32. The normalized spacial score (nSPS) is 21.5. The monoisotopic (exact) mass is 229 g/mol. The van der Waals surface area contributed by atoms with Crippen LogP contribution in [0.1, 0.15) is 19.8 Å². The Morgan fingerprint density at radius 2 is 2.25 bits per heavy atom. The van der Waals surface area contributed by atoms with E-state index in [1.807, 2.05) is 4.90 Å². The summed E-state index contributed by atoms with van der Waals surface area (Å²) in [5.41, 5.74) is 0. The Labute approximate surface area is 95.0 Å². The fraction of sp³-hybridized carbons (Fsp3) is 0.800. The van der Waals surface area contributed by atoms with Crippen LogP contribution in [-0.4, -0.2) is 54.2 Å². The van der Waals surface area contributed by atoms with Crippen LogP contribution in [0.2, 0.25) is 0 Å². The fourth-order valence-corrected chi connectivity index (χ4v) is 1.75. The number of carbonyl (C=O) groups is 2. The van der Waals surface area contributed by atoms with Crippen LogP contribution in [-0.2, 0) is 4.79 Å². The molecule has 1 saturated heterocycles. The maximum absolute atomic E-state index is 11.4. The first-order valence-corrected chi connectivity index (χ1v) is 5.60. The fourth-order valence-electron chi connectivity index (χ4n) is 1.75. The number of aliphatic hydroxyl groups excluding tert-OH is 1. The van der Waals surface area contributed by atoms with E-state index in [1.165, 1.54) is 0 Å². The number of β-amino-alcohol motifs (C(OH)–C–C–N with tert-alkyl or cyclic N) is 1. The summed E-state index contributed by atoms with van der Waals surface area (Å²) in [4.78, 5) is 24.3. The van der Waals surface area contributed by atoms with Gasteiger partial charge in [0.2, 0.25) is 5.91 Å². The van der Waals surface area contributed by atoms with Gasteiger partial charge in [0.15, 0.2) is 0 Å². The molecule has 0 aromatic heterocycles. The molecule has 16 heavy (non-hydrogen) atoms. The predicted octanol–water partition coefficient (Wildman–Crippen LogP) is -0.711. The summed E-state index contributed by atoms with van der Waals surface area (Å²) in [5, 5.41) is 14.1. The number of hydrogen-bond donors (Lipinski definition) is 3. The largest absolute Gasteiger partial charge is 0.392 e. The standard InChI is InChI=1S/C10H19N3O3/c1-2-11-10(16)12-9(15)7-13-5-3-4-8(14)6-13/h8,14H,2-7H2,1H3,(H2,11,12,15,16). The molecular formula is C10H19N3O3. The van der Waals surface area contributed by atoms with Gasteiger partial charge in [-0.3, -0.25) is 15.0 Å². The maximum atomic E-state index is 11.4. The molecule has 0 aromatic carbocycles. The number of likely N-dealkylation sites (tertiary alicyclic amines) is 1. The van der Waals surface area contributed by atoms with Crippen LogP contribution in [0.4, 0.5) is 4.79 Å². The number of nitrogens with zero attached hydrogens (tertiary/aromatic N) is 1. The SMILES string of the molecule is CCNC(=O)NC(=O)CN1CCCC(O)C1. The molecule has 1 fully saturated rings. The first-order chi connectivity index (χ1) is 7.61. The number of urea groups is 1. The highest BCUT2D eigenvalue weighted by Gasteiger charge is 2.20. The van der Waals surface area contributed by atoms with Crippen molar-refractivity contribution in [2.45, 2.75) is 25.9 Å². The van der Waals surface area contributed by atoms with Crippen molar-refractivity contribution in [1.29, 1.82) is 0 Å². The number of amides is 3. The van der Waals surface area contributed by atoms with Gasteiger partial charge in [0.1, 0.15) is 0 Å². The molecular weight excluding hydrogens is 210 g/mol. The van der Waals surface area contributed by atoms with E-state index in [9.17, 15) is 14.7 Å². The Bertz CT molecular complexity index is 258. The van der Waals surface area contributed by atoms with Gasteiger partial charge >= 0.3 is 6.03 Å². The van der Waals surface area contributed by atoms with Crippen molar-refractivity contribution >= 4 is 11.9 Å². The van der Waals surface area contributed by atoms with E-state index in [0.29, 0.717) is 13.1 Å². The summed E-state index contributed by atoms with van der Waals surface area (Å²) in [7, 11) is 0. The summed E-state index contributed by atoms with van der Waals surface area (Å²) < 4.78 is 0. The average Bonchev–Trinajstić information content (AvgIpc) is 2.17. The first-order valence-electron chi connectivity index (χ1n) is 5.60. The molecule has 0 saturated carbocycles. The highest BCUT2D eigenvalue weighted by molar-refractivity contribution is 5.95. The second-order valence-corrected chi connectivity index (χ2v) is 3.94. The number of hydrogen-bond acceptors (Lipinski definition) is 4. The van der Waals surface area contributed by atoms with Crippen LogP contribution in [0.25, 0.3) is 0 Å². The van der Waals surface area contributed by atoms with E-state index in [0.717, 1.165) is 19.4 Å². The van der Waals surface area contributed by atoms with Crippen LogP contribution >= 0.6 is 0 Å². The van der Waals surface area contributed by atoms with Gasteiger partial charge in [0.05, 0.1) is 12.6 Å². The smallest absolute Gasteiger partial charge is 0.321 e. The Kier molecular flexibility index (Phi) is 5.21. The molecule has 92 valence electrons.